The summed E-state index contributed by atoms with van der Waals surface area (Å²) in [4.78, 5) is 78.8. The molecule has 2 aliphatic rings. The van der Waals surface area contributed by atoms with Crippen LogP contribution in [-0.4, -0.2) is 80.8 Å². The molecule has 1 aromatic heterocycles. The van der Waals surface area contributed by atoms with Crippen LogP contribution in [-0.2, 0) is 33.5 Å². The molecule has 2 atom stereocenters. The van der Waals surface area contributed by atoms with E-state index < -0.39 is 52.7 Å². The van der Waals surface area contributed by atoms with E-state index >= 15 is 0 Å². The number of thiophene rings is 1. The van der Waals surface area contributed by atoms with Crippen molar-refractivity contribution in [3.63, 3.8) is 0 Å². The lowest BCUT2D eigenvalue weighted by molar-refractivity contribution is -0.150. The highest BCUT2D eigenvalue weighted by molar-refractivity contribution is 8.00. The van der Waals surface area contributed by atoms with Crippen LogP contribution in [0.25, 0.3) is 0 Å². The molecule has 0 bridgehead atoms. The molecule has 2 aliphatic heterocycles. The number of urea groups is 1. The number of β-lactam (4-membered cyclic amide) rings is 1. The van der Waals surface area contributed by atoms with Crippen molar-refractivity contribution in [3.8, 4) is 0 Å². The zero-order valence-electron chi connectivity index (χ0n) is 19.8. The molecule has 0 saturated carbocycles. The average molecular weight is 554 g/mol. The van der Waals surface area contributed by atoms with Gasteiger partial charge in [-0.25, -0.2) is 9.59 Å². The van der Waals surface area contributed by atoms with Gasteiger partial charge in [0.05, 0.1) is 4.88 Å². The van der Waals surface area contributed by atoms with Crippen molar-refractivity contribution < 1.29 is 43.4 Å². The monoisotopic (exact) mass is 553 g/mol. The van der Waals surface area contributed by atoms with Crippen LogP contribution < -0.4 is 16.4 Å². The second-order valence-corrected chi connectivity index (χ2v) is 10.3. The standard InChI is InChI=1S/C21H23N5O9S2/c1-9(27)34-7-10-8-37-17-13(16(29)26(17)14(10)18(30)31)23-15(28)12(11-5-4-6-36-11)25-35-21(2,3)19(32)24-20(22)33/h4-6,13,17H,7-8H2,1-3H3,(H,23,28)(H,30,31)(H3,22,24,32,33)/b25-12-/t13-,17-/m1/s1. The van der Waals surface area contributed by atoms with E-state index in [9.17, 15) is 33.9 Å². The number of ether oxygens (including phenoxy) is 1. The van der Waals surface area contributed by atoms with E-state index in [2.05, 4.69) is 10.5 Å². The summed E-state index contributed by atoms with van der Waals surface area (Å²) in [6, 6.07) is 1.05. The highest BCUT2D eigenvalue weighted by Gasteiger charge is 2.54. The normalized spacial score (nSPS) is 19.4. The lowest BCUT2D eigenvalue weighted by Gasteiger charge is -2.49. The highest BCUT2D eigenvalue weighted by atomic mass is 32.2. The lowest BCUT2D eigenvalue weighted by Crippen LogP contribution is -2.71. The minimum absolute atomic E-state index is 0.161. The second-order valence-electron chi connectivity index (χ2n) is 8.24. The van der Waals surface area contributed by atoms with Gasteiger partial charge in [0.2, 0.25) is 5.60 Å². The number of fused-ring (bicyclic) bond motifs is 1. The van der Waals surface area contributed by atoms with Gasteiger partial charge in [-0.3, -0.25) is 29.4 Å². The molecule has 1 saturated heterocycles. The van der Waals surface area contributed by atoms with Crippen molar-refractivity contribution in [3.05, 3.63) is 33.7 Å². The number of amides is 5. The molecule has 0 unspecified atom stereocenters. The van der Waals surface area contributed by atoms with Crippen molar-refractivity contribution in [1.29, 1.82) is 0 Å². The van der Waals surface area contributed by atoms with Gasteiger partial charge in [-0.05, 0) is 25.3 Å². The Kier molecular flexibility index (Phi) is 8.22. The summed E-state index contributed by atoms with van der Waals surface area (Å²) in [5, 5.41) is 18.8. The van der Waals surface area contributed by atoms with Crippen LogP contribution in [0.3, 0.4) is 0 Å². The van der Waals surface area contributed by atoms with Crippen LogP contribution in [0.4, 0.5) is 4.79 Å². The number of hydrogen-bond donors (Lipinski definition) is 4. The van der Waals surface area contributed by atoms with E-state index in [4.69, 9.17) is 15.3 Å². The number of thioether (sulfide) groups is 1. The summed E-state index contributed by atoms with van der Waals surface area (Å²) < 4.78 is 4.90. The number of rotatable bonds is 9. The van der Waals surface area contributed by atoms with Crippen molar-refractivity contribution in [2.75, 3.05) is 12.4 Å². The molecule has 0 aromatic carbocycles. The fourth-order valence-corrected chi connectivity index (χ4v) is 5.30. The SMILES string of the molecule is CC(=O)OCC1=C(C(=O)O)N2C(=O)[C@@H](NC(=O)/C(=N\OC(C)(C)C(=O)NC(N)=O)c3cccs3)[C@H]2SC1. The summed E-state index contributed by atoms with van der Waals surface area (Å²) >= 11 is 2.34. The third-order valence-corrected chi connectivity index (χ3v) is 7.32. The molecule has 5 N–H and O–H groups in total. The maximum atomic E-state index is 13.1. The Hall–Kier alpha value is -3.92. The lowest BCUT2D eigenvalue weighted by atomic mass is 10.0. The molecule has 198 valence electrons. The zero-order chi connectivity index (χ0) is 27.5. The van der Waals surface area contributed by atoms with Crippen LogP contribution >= 0.6 is 23.1 Å². The molecule has 16 heteroatoms. The van der Waals surface area contributed by atoms with E-state index in [-0.39, 0.29) is 29.3 Å². The number of esters is 1. The van der Waals surface area contributed by atoms with Gasteiger partial charge in [0, 0.05) is 18.2 Å². The molecule has 14 nitrogen and oxygen atoms in total. The highest BCUT2D eigenvalue weighted by Crippen LogP contribution is 2.40. The first kappa shape index (κ1) is 27.7. The Morgan fingerprint density at radius 1 is 1.30 bits per heavy atom. The van der Waals surface area contributed by atoms with Gasteiger partial charge in [0.1, 0.15) is 23.7 Å². The number of carbonyl (C=O) groups is 6. The van der Waals surface area contributed by atoms with E-state index in [1.165, 1.54) is 32.5 Å². The van der Waals surface area contributed by atoms with Gasteiger partial charge in [-0.15, -0.1) is 23.1 Å². The third-order valence-electron chi connectivity index (χ3n) is 5.10. The topological polar surface area (TPSA) is 207 Å². The van der Waals surface area contributed by atoms with Gasteiger partial charge >= 0.3 is 18.0 Å². The van der Waals surface area contributed by atoms with Crippen LogP contribution in [0.2, 0.25) is 0 Å². The van der Waals surface area contributed by atoms with Gasteiger partial charge in [-0.1, -0.05) is 11.2 Å². The Morgan fingerprint density at radius 3 is 2.57 bits per heavy atom. The summed E-state index contributed by atoms with van der Waals surface area (Å²) in [6.07, 6.45) is 0. The Balaban J connectivity index is 1.79. The summed E-state index contributed by atoms with van der Waals surface area (Å²) in [5.41, 5.74) is 3.00. The second kappa shape index (κ2) is 11.0. The smallest absolute Gasteiger partial charge is 0.352 e. The molecule has 1 aromatic rings. The van der Waals surface area contributed by atoms with Crippen LogP contribution in [0, 0.1) is 0 Å². The Morgan fingerprint density at radius 2 is 2.00 bits per heavy atom. The number of imide groups is 1. The first-order valence-corrected chi connectivity index (χ1v) is 12.5. The largest absolute Gasteiger partial charge is 0.477 e. The van der Waals surface area contributed by atoms with Crippen LogP contribution in [0.15, 0.2) is 33.9 Å². The fraction of sp³-hybridized carbons (Fsp3) is 0.381. The molecular weight excluding hydrogens is 530 g/mol. The predicted octanol–water partition coefficient (Wildman–Crippen LogP) is -0.256. The quantitative estimate of drug-likeness (QED) is 0.136. The third kappa shape index (κ3) is 6.08. The Labute approximate surface area is 218 Å². The molecule has 1 fully saturated rings. The van der Waals surface area contributed by atoms with Crippen LogP contribution in [0.5, 0.6) is 0 Å². The van der Waals surface area contributed by atoms with Crippen molar-refractivity contribution in [1.82, 2.24) is 15.5 Å². The predicted molar refractivity (Wildman–Crippen MR) is 130 cm³/mol. The van der Waals surface area contributed by atoms with E-state index in [0.29, 0.717) is 4.88 Å². The van der Waals surface area contributed by atoms with Crippen molar-refractivity contribution in [2.24, 2.45) is 10.9 Å². The van der Waals surface area contributed by atoms with E-state index in [1.807, 2.05) is 5.32 Å². The average Bonchev–Trinajstić information content (AvgIpc) is 3.34. The minimum atomic E-state index is -1.68. The number of primary amides is 1. The maximum absolute atomic E-state index is 13.1. The van der Waals surface area contributed by atoms with Gasteiger partial charge in [0.15, 0.2) is 5.71 Å². The van der Waals surface area contributed by atoms with Gasteiger partial charge in [-0.2, -0.15) is 0 Å². The van der Waals surface area contributed by atoms with Crippen molar-refractivity contribution in [2.45, 2.75) is 37.8 Å². The van der Waals surface area contributed by atoms with Gasteiger partial charge < -0.3 is 25.7 Å². The summed E-state index contributed by atoms with van der Waals surface area (Å²) in [6.45, 7) is 3.51. The van der Waals surface area contributed by atoms with Crippen molar-refractivity contribution >= 4 is 64.5 Å². The maximum Gasteiger partial charge on any atom is 0.352 e. The first-order chi connectivity index (χ1) is 17.3. The zero-order valence-corrected chi connectivity index (χ0v) is 21.4. The number of oxime groups is 1. The summed E-state index contributed by atoms with van der Waals surface area (Å²) in [7, 11) is 0. The number of nitrogens with two attached hydrogens (primary N) is 1. The number of nitrogens with zero attached hydrogens (tertiary/aromatic N) is 2. The molecule has 0 radical (unpaired) electrons. The van der Waals surface area contributed by atoms with E-state index in [1.54, 1.807) is 17.5 Å². The number of carbonyl (C=O) groups excluding carboxylic acids is 5. The number of carboxylic acids is 1. The fourth-order valence-electron chi connectivity index (χ4n) is 3.27. The number of nitrogens with one attached hydrogen (secondary N) is 2. The molecule has 3 heterocycles. The van der Waals surface area contributed by atoms with Crippen LogP contribution in [0.1, 0.15) is 25.6 Å². The molecule has 0 spiro atoms. The molecular formula is C21H23N5O9S2. The number of carboxylic acid groups (broad SMARTS) is 1. The van der Waals surface area contributed by atoms with E-state index in [0.717, 1.165) is 16.2 Å². The minimum Gasteiger partial charge on any atom is -0.477 e. The van der Waals surface area contributed by atoms with Gasteiger partial charge in [0.25, 0.3) is 17.7 Å². The molecule has 37 heavy (non-hydrogen) atoms. The number of hydrogen-bond acceptors (Lipinski definition) is 11. The number of aliphatic carboxylic acids is 1. The summed E-state index contributed by atoms with van der Waals surface area (Å²) in [5.74, 6) is -4.17. The molecule has 3 rings (SSSR count). The molecule has 0 aliphatic carbocycles. The first-order valence-electron chi connectivity index (χ1n) is 10.6. The Bertz CT molecular complexity index is 1210. The molecule has 5 amide bonds.